The molecule has 0 saturated carbocycles. The molecule has 1 aromatic carbocycles. The molecule has 0 aromatic heterocycles. The van der Waals surface area contributed by atoms with Gasteiger partial charge in [-0.2, -0.15) is 0 Å². The van der Waals surface area contributed by atoms with Gasteiger partial charge in [-0.15, -0.1) is 24.0 Å². The fourth-order valence-electron chi connectivity index (χ4n) is 1.98. The van der Waals surface area contributed by atoms with Gasteiger partial charge < -0.3 is 24.8 Å². The van der Waals surface area contributed by atoms with Crippen molar-refractivity contribution in [3.8, 4) is 11.5 Å². The monoisotopic (exact) mass is 451 g/mol. The van der Waals surface area contributed by atoms with Crippen molar-refractivity contribution in [1.82, 2.24) is 10.6 Å². The van der Waals surface area contributed by atoms with Crippen LogP contribution in [0.1, 0.15) is 19.4 Å². The van der Waals surface area contributed by atoms with Gasteiger partial charge >= 0.3 is 0 Å². The highest BCUT2D eigenvalue weighted by Crippen LogP contribution is 2.24. The summed E-state index contributed by atoms with van der Waals surface area (Å²) in [5, 5.41) is 6.55. The lowest BCUT2D eigenvalue weighted by Gasteiger charge is -2.24. The molecule has 6 nitrogen and oxygen atoms in total. The standard InChI is InChI=1S/C17H29N3O3.HI/c1-17(2,23-6)12-20-16(18-3)19-10-9-13-11-14(21-4)7-8-15(13)22-5;/h7-8,11H,9-10,12H2,1-6H3,(H2,18,19,20);1H. The molecule has 0 saturated heterocycles. The van der Waals surface area contributed by atoms with E-state index in [0.717, 1.165) is 36.0 Å². The molecule has 0 radical (unpaired) electrons. The van der Waals surface area contributed by atoms with Gasteiger partial charge in [0.15, 0.2) is 5.96 Å². The van der Waals surface area contributed by atoms with Gasteiger partial charge in [0.25, 0.3) is 0 Å². The molecule has 1 aromatic rings. The van der Waals surface area contributed by atoms with E-state index in [-0.39, 0.29) is 29.6 Å². The van der Waals surface area contributed by atoms with Crippen molar-refractivity contribution in [2.75, 3.05) is 41.5 Å². The van der Waals surface area contributed by atoms with Gasteiger partial charge in [0.2, 0.25) is 0 Å². The van der Waals surface area contributed by atoms with Crippen LogP contribution in [-0.4, -0.2) is 53.0 Å². The molecule has 0 fully saturated rings. The molecule has 0 spiro atoms. The van der Waals surface area contributed by atoms with E-state index in [1.807, 2.05) is 32.0 Å². The molecule has 7 heteroatoms. The average molecular weight is 451 g/mol. The summed E-state index contributed by atoms with van der Waals surface area (Å²) in [5.74, 6) is 2.43. The Balaban J connectivity index is 0.00000529. The minimum Gasteiger partial charge on any atom is -0.497 e. The quantitative estimate of drug-likeness (QED) is 0.361. The van der Waals surface area contributed by atoms with Crippen molar-refractivity contribution in [2.24, 2.45) is 4.99 Å². The topological polar surface area (TPSA) is 64.1 Å². The first-order chi connectivity index (χ1) is 11.0. The lowest BCUT2D eigenvalue weighted by molar-refractivity contribution is 0.0268. The maximum absolute atomic E-state index is 5.39. The number of ether oxygens (including phenoxy) is 3. The molecule has 0 bridgehead atoms. The molecule has 0 amide bonds. The van der Waals surface area contributed by atoms with Crippen LogP contribution in [0.5, 0.6) is 11.5 Å². The number of guanidine groups is 1. The number of halogens is 1. The lowest BCUT2D eigenvalue weighted by Crippen LogP contribution is -2.45. The Morgan fingerprint density at radius 3 is 2.38 bits per heavy atom. The number of nitrogens with zero attached hydrogens (tertiary/aromatic N) is 1. The van der Waals surface area contributed by atoms with E-state index >= 15 is 0 Å². The maximum Gasteiger partial charge on any atom is 0.191 e. The fraction of sp³-hybridized carbons (Fsp3) is 0.588. The number of nitrogens with one attached hydrogen (secondary N) is 2. The van der Waals surface area contributed by atoms with E-state index in [4.69, 9.17) is 14.2 Å². The number of aliphatic imine (C=N–C) groups is 1. The Hall–Kier alpha value is -1.22. The van der Waals surface area contributed by atoms with Gasteiger partial charge in [-0.3, -0.25) is 4.99 Å². The molecule has 24 heavy (non-hydrogen) atoms. The molecule has 0 heterocycles. The first-order valence-electron chi connectivity index (χ1n) is 7.66. The third-order valence-electron chi connectivity index (χ3n) is 3.63. The van der Waals surface area contributed by atoms with E-state index in [9.17, 15) is 0 Å². The Morgan fingerprint density at radius 2 is 1.83 bits per heavy atom. The van der Waals surface area contributed by atoms with Crippen LogP contribution < -0.4 is 20.1 Å². The second-order valence-electron chi connectivity index (χ2n) is 5.74. The highest BCUT2D eigenvalue weighted by Gasteiger charge is 2.16. The average Bonchev–Trinajstić information content (AvgIpc) is 2.57. The van der Waals surface area contributed by atoms with Gasteiger partial charge in [-0.05, 0) is 44.0 Å². The number of hydrogen-bond acceptors (Lipinski definition) is 4. The lowest BCUT2D eigenvalue weighted by atomic mass is 10.1. The second-order valence-corrected chi connectivity index (χ2v) is 5.74. The molecule has 0 aliphatic carbocycles. The predicted octanol–water partition coefficient (Wildman–Crippen LogP) is 2.45. The third-order valence-corrected chi connectivity index (χ3v) is 3.63. The van der Waals surface area contributed by atoms with Gasteiger partial charge in [-0.1, -0.05) is 0 Å². The van der Waals surface area contributed by atoms with Gasteiger partial charge in [0.1, 0.15) is 11.5 Å². The van der Waals surface area contributed by atoms with Crippen molar-refractivity contribution in [3.05, 3.63) is 23.8 Å². The van der Waals surface area contributed by atoms with Crippen molar-refractivity contribution in [3.63, 3.8) is 0 Å². The highest BCUT2D eigenvalue weighted by molar-refractivity contribution is 14.0. The third kappa shape index (κ3) is 7.57. The predicted molar refractivity (Wildman–Crippen MR) is 109 cm³/mol. The summed E-state index contributed by atoms with van der Waals surface area (Å²) < 4.78 is 16.0. The minimum absolute atomic E-state index is 0. The van der Waals surface area contributed by atoms with Gasteiger partial charge in [0, 0.05) is 27.2 Å². The van der Waals surface area contributed by atoms with Crippen LogP contribution in [0.3, 0.4) is 0 Å². The second kappa shape index (κ2) is 11.4. The Labute approximate surface area is 162 Å². The van der Waals surface area contributed by atoms with Crippen LogP contribution in [0.25, 0.3) is 0 Å². The highest BCUT2D eigenvalue weighted by atomic mass is 127. The van der Waals surface area contributed by atoms with Gasteiger partial charge in [-0.25, -0.2) is 0 Å². The zero-order chi connectivity index (χ0) is 17.3. The van der Waals surface area contributed by atoms with Gasteiger partial charge in [0.05, 0.1) is 19.8 Å². The van der Waals surface area contributed by atoms with E-state index in [0.29, 0.717) is 6.54 Å². The van der Waals surface area contributed by atoms with E-state index in [1.165, 1.54) is 0 Å². The molecule has 2 N–H and O–H groups in total. The summed E-state index contributed by atoms with van der Waals surface area (Å²) in [6.45, 7) is 5.45. The summed E-state index contributed by atoms with van der Waals surface area (Å²) in [4.78, 5) is 4.22. The molecule has 0 aliphatic heterocycles. The number of benzene rings is 1. The smallest absolute Gasteiger partial charge is 0.191 e. The maximum atomic E-state index is 5.39. The van der Waals surface area contributed by atoms with E-state index < -0.39 is 0 Å². The van der Waals surface area contributed by atoms with Crippen LogP contribution in [0, 0.1) is 0 Å². The molecule has 138 valence electrons. The summed E-state index contributed by atoms with van der Waals surface area (Å²) in [7, 11) is 6.79. The number of rotatable bonds is 8. The first-order valence-corrected chi connectivity index (χ1v) is 7.66. The fourth-order valence-corrected chi connectivity index (χ4v) is 1.98. The van der Waals surface area contributed by atoms with Crippen molar-refractivity contribution < 1.29 is 14.2 Å². The molecule has 0 aliphatic rings. The largest absolute Gasteiger partial charge is 0.497 e. The van der Waals surface area contributed by atoms with Crippen molar-refractivity contribution >= 4 is 29.9 Å². The van der Waals surface area contributed by atoms with Crippen LogP contribution in [-0.2, 0) is 11.2 Å². The van der Waals surface area contributed by atoms with Crippen molar-refractivity contribution in [1.29, 1.82) is 0 Å². The Kier molecular flexibility index (Phi) is 10.8. The molecule has 1 rings (SSSR count). The summed E-state index contributed by atoms with van der Waals surface area (Å²) >= 11 is 0. The molecular formula is C17H30IN3O3. The van der Waals surface area contributed by atoms with Crippen LogP contribution in [0.4, 0.5) is 0 Å². The van der Waals surface area contributed by atoms with E-state index in [1.54, 1.807) is 28.4 Å². The summed E-state index contributed by atoms with van der Waals surface area (Å²) in [6, 6.07) is 5.80. The first kappa shape index (κ1) is 22.8. The Bertz CT molecular complexity index is 522. The Morgan fingerprint density at radius 1 is 1.12 bits per heavy atom. The SMILES string of the molecule is CN=C(NCCc1cc(OC)ccc1OC)NCC(C)(C)OC.I. The van der Waals surface area contributed by atoms with Crippen LogP contribution >= 0.6 is 24.0 Å². The number of methoxy groups -OCH3 is 3. The summed E-state index contributed by atoms with van der Waals surface area (Å²) in [6.07, 6.45) is 0.800. The molecule has 0 atom stereocenters. The zero-order valence-corrected chi connectivity index (χ0v) is 17.8. The molecule has 0 unspecified atom stereocenters. The number of hydrogen-bond donors (Lipinski definition) is 2. The minimum atomic E-state index is -0.242. The van der Waals surface area contributed by atoms with Crippen LogP contribution in [0.2, 0.25) is 0 Å². The zero-order valence-electron chi connectivity index (χ0n) is 15.4. The van der Waals surface area contributed by atoms with Crippen LogP contribution in [0.15, 0.2) is 23.2 Å². The normalized spacial score (nSPS) is 11.5. The van der Waals surface area contributed by atoms with E-state index in [2.05, 4.69) is 15.6 Å². The summed E-state index contributed by atoms with van der Waals surface area (Å²) in [5.41, 5.74) is 0.847. The van der Waals surface area contributed by atoms with Crippen molar-refractivity contribution in [2.45, 2.75) is 25.9 Å². The molecular weight excluding hydrogens is 421 g/mol.